The lowest BCUT2D eigenvalue weighted by Gasteiger charge is -2.38. The van der Waals surface area contributed by atoms with E-state index >= 15 is 0 Å². The number of benzene rings is 1. The molecule has 0 saturated carbocycles. The predicted molar refractivity (Wildman–Crippen MR) is 69.6 cm³/mol. The Kier molecular flexibility index (Phi) is 4.26. The number of nitrogens with zero attached hydrogens (tertiary/aromatic N) is 1. The Hall–Kier alpha value is -0.770. The first-order chi connectivity index (χ1) is 8.27. The van der Waals surface area contributed by atoms with Crippen LogP contribution in [-0.2, 0) is 11.3 Å². The van der Waals surface area contributed by atoms with E-state index < -0.39 is 0 Å². The van der Waals surface area contributed by atoms with Crippen LogP contribution in [0.3, 0.4) is 0 Å². The molecular weight excluding hydrogens is 238 g/mol. The Morgan fingerprint density at radius 1 is 1.53 bits per heavy atom. The van der Waals surface area contributed by atoms with Crippen molar-refractivity contribution < 1.29 is 9.84 Å². The lowest BCUT2D eigenvalue weighted by molar-refractivity contribution is 0.0927. The largest absolute Gasteiger partial charge is 0.392 e. The third kappa shape index (κ3) is 2.57. The van der Waals surface area contributed by atoms with Crippen LogP contribution in [0.5, 0.6) is 0 Å². The molecule has 1 saturated heterocycles. The molecule has 0 radical (unpaired) electrons. The summed E-state index contributed by atoms with van der Waals surface area (Å²) in [7, 11) is 0. The molecule has 3 nitrogen and oxygen atoms in total. The van der Waals surface area contributed by atoms with Crippen LogP contribution >= 0.6 is 11.6 Å². The molecule has 1 aromatic carbocycles. The third-order valence-electron chi connectivity index (χ3n) is 3.26. The second-order valence-corrected chi connectivity index (χ2v) is 4.63. The van der Waals surface area contributed by atoms with Gasteiger partial charge in [-0.2, -0.15) is 0 Å². The number of rotatable bonds is 3. The van der Waals surface area contributed by atoms with E-state index in [2.05, 4.69) is 11.8 Å². The fraction of sp³-hybridized carbons (Fsp3) is 0.538. The maximum Gasteiger partial charge on any atom is 0.0716 e. The lowest BCUT2D eigenvalue weighted by atomic mass is 10.1. The van der Waals surface area contributed by atoms with Gasteiger partial charge >= 0.3 is 0 Å². The number of hydrogen-bond donors (Lipinski definition) is 1. The molecule has 0 bridgehead atoms. The topological polar surface area (TPSA) is 32.7 Å². The van der Waals surface area contributed by atoms with Gasteiger partial charge in [-0.05, 0) is 18.6 Å². The minimum atomic E-state index is -0.0250. The van der Waals surface area contributed by atoms with Crippen LogP contribution in [0.1, 0.15) is 18.9 Å². The van der Waals surface area contributed by atoms with Gasteiger partial charge in [0.1, 0.15) is 0 Å². The summed E-state index contributed by atoms with van der Waals surface area (Å²) < 4.78 is 5.49. The molecule has 17 heavy (non-hydrogen) atoms. The van der Waals surface area contributed by atoms with Gasteiger partial charge in [0.15, 0.2) is 0 Å². The van der Waals surface area contributed by atoms with Crippen molar-refractivity contribution in [1.82, 2.24) is 0 Å². The van der Waals surface area contributed by atoms with Crippen LogP contribution in [0.4, 0.5) is 5.69 Å². The summed E-state index contributed by atoms with van der Waals surface area (Å²) in [6, 6.07) is 6.13. The standard InChI is InChI=1S/C13H18ClNO2/c1-2-10-9-17-7-6-15(10)13-5-3-4-12(14)11(13)8-16/h3-5,10,16H,2,6-9H2,1H3. The van der Waals surface area contributed by atoms with Crippen LogP contribution in [-0.4, -0.2) is 30.9 Å². The van der Waals surface area contributed by atoms with Gasteiger partial charge in [0.2, 0.25) is 0 Å². The Bertz CT molecular complexity index is 384. The number of halogens is 1. The average molecular weight is 256 g/mol. The van der Waals surface area contributed by atoms with Crippen LogP contribution in [0.25, 0.3) is 0 Å². The zero-order chi connectivity index (χ0) is 12.3. The maximum absolute atomic E-state index is 9.45. The molecule has 0 aromatic heterocycles. The summed E-state index contributed by atoms with van der Waals surface area (Å²) in [5, 5.41) is 10.1. The number of aliphatic hydroxyl groups excluding tert-OH is 1. The normalized spacial score (nSPS) is 20.6. The van der Waals surface area contributed by atoms with Gasteiger partial charge < -0.3 is 14.7 Å². The van der Waals surface area contributed by atoms with Crippen molar-refractivity contribution in [3.63, 3.8) is 0 Å². The van der Waals surface area contributed by atoms with Gasteiger partial charge in [0, 0.05) is 22.8 Å². The van der Waals surface area contributed by atoms with E-state index in [1.54, 1.807) is 0 Å². The van der Waals surface area contributed by atoms with E-state index in [1.165, 1.54) is 0 Å². The highest BCUT2D eigenvalue weighted by Gasteiger charge is 2.24. The van der Waals surface area contributed by atoms with Crippen LogP contribution in [0.2, 0.25) is 5.02 Å². The van der Waals surface area contributed by atoms with Crippen molar-refractivity contribution in [2.24, 2.45) is 0 Å². The molecule has 1 atom stereocenters. The highest BCUT2D eigenvalue weighted by atomic mass is 35.5. The van der Waals surface area contributed by atoms with E-state index in [1.807, 2.05) is 18.2 Å². The average Bonchev–Trinajstić information content (AvgIpc) is 2.38. The molecule has 1 fully saturated rings. The Labute approximate surface area is 107 Å². The molecule has 1 aromatic rings. The number of aliphatic hydroxyl groups is 1. The SMILES string of the molecule is CCC1COCCN1c1cccc(Cl)c1CO. The second kappa shape index (κ2) is 5.71. The smallest absolute Gasteiger partial charge is 0.0716 e. The number of hydrogen-bond acceptors (Lipinski definition) is 3. The van der Waals surface area contributed by atoms with E-state index in [0.29, 0.717) is 11.1 Å². The van der Waals surface area contributed by atoms with Gasteiger partial charge in [-0.25, -0.2) is 0 Å². The van der Waals surface area contributed by atoms with E-state index in [9.17, 15) is 5.11 Å². The monoisotopic (exact) mass is 255 g/mol. The highest BCUT2D eigenvalue weighted by molar-refractivity contribution is 6.31. The minimum absolute atomic E-state index is 0.0250. The second-order valence-electron chi connectivity index (χ2n) is 4.23. The molecule has 94 valence electrons. The molecule has 1 heterocycles. The van der Waals surface area contributed by atoms with Crippen molar-refractivity contribution in [2.75, 3.05) is 24.7 Å². The molecule has 0 amide bonds. The Balaban J connectivity index is 2.34. The molecule has 1 aliphatic heterocycles. The summed E-state index contributed by atoms with van der Waals surface area (Å²) in [5.41, 5.74) is 1.85. The maximum atomic E-state index is 9.45. The molecule has 0 aliphatic carbocycles. The lowest BCUT2D eigenvalue weighted by Crippen LogP contribution is -2.45. The zero-order valence-corrected chi connectivity index (χ0v) is 10.8. The van der Waals surface area contributed by atoms with Gasteiger partial charge in [-0.1, -0.05) is 24.6 Å². The number of anilines is 1. The highest BCUT2D eigenvalue weighted by Crippen LogP contribution is 2.30. The molecule has 0 spiro atoms. The summed E-state index contributed by atoms with van der Waals surface area (Å²) in [4.78, 5) is 2.29. The third-order valence-corrected chi connectivity index (χ3v) is 3.61. The molecule has 2 rings (SSSR count). The molecule has 1 N–H and O–H groups in total. The van der Waals surface area contributed by atoms with E-state index in [4.69, 9.17) is 16.3 Å². The fourth-order valence-electron chi connectivity index (χ4n) is 2.28. The first-order valence-corrected chi connectivity index (χ1v) is 6.38. The summed E-state index contributed by atoms with van der Waals surface area (Å²) in [5.74, 6) is 0. The summed E-state index contributed by atoms with van der Waals surface area (Å²) >= 11 is 6.12. The van der Waals surface area contributed by atoms with Gasteiger partial charge in [0.25, 0.3) is 0 Å². The van der Waals surface area contributed by atoms with Crippen molar-refractivity contribution in [3.05, 3.63) is 28.8 Å². The van der Waals surface area contributed by atoms with E-state index in [0.717, 1.165) is 37.4 Å². The fourth-order valence-corrected chi connectivity index (χ4v) is 2.51. The van der Waals surface area contributed by atoms with Crippen LogP contribution in [0, 0.1) is 0 Å². The Morgan fingerprint density at radius 2 is 2.35 bits per heavy atom. The first-order valence-electron chi connectivity index (χ1n) is 6.00. The van der Waals surface area contributed by atoms with E-state index in [-0.39, 0.29) is 6.61 Å². The molecular formula is C13H18ClNO2. The molecule has 1 unspecified atom stereocenters. The number of ether oxygens (including phenoxy) is 1. The molecule has 1 aliphatic rings. The number of morpholine rings is 1. The quantitative estimate of drug-likeness (QED) is 0.901. The summed E-state index contributed by atoms with van der Waals surface area (Å²) in [6.07, 6.45) is 1.03. The zero-order valence-electron chi connectivity index (χ0n) is 10.0. The Morgan fingerprint density at radius 3 is 3.06 bits per heavy atom. The predicted octanol–water partition coefficient (Wildman–Crippen LogP) is 2.45. The summed E-state index contributed by atoms with van der Waals surface area (Å²) in [6.45, 7) is 4.45. The van der Waals surface area contributed by atoms with Crippen molar-refractivity contribution in [1.29, 1.82) is 0 Å². The minimum Gasteiger partial charge on any atom is -0.392 e. The van der Waals surface area contributed by atoms with Gasteiger partial charge in [0.05, 0.1) is 25.9 Å². The van der Waals surface area contributed by atoms with Crippen LogP contribution < -0.4 is 4.90 Å². The van der Waals surface area contributed by atoms with Crippen molar-refractivity contribution in [2.45, 2.75) is 26.0 Å². The van der Waals surface area contributed by atoms with Gasteiger partial charge in [-0.3, -0.25) is 0 Å². The van der Waals surface area contributed by atoms with Crippen molar-refractivity contribution in [3.8, 4) is 0 Å². The van der Waals surface area contributed by atoms with Crippen molar-refractivity contribution >= 4 is 17.3 Å². The van der Waals surface area contributed by atoms with Gasteiger partial charge in [-0.15, -0.1) is 0 Å². The van der Waals surface area contributed by atoms with Crippen LogP contribution in [0.15, 0.2) is 18.2 Å². The first kappa shape index (κ1) is 12.7. The molecule has 4 heteroatoms.